The smallest absolute Gasteiger partial charge is 0.865 e. The summed E-state index contributed by atoms with van der Waals surface area (Å²) < 4.78 is 0. The zero-order valence-electron chi connectivity index (χ0n) is 3.56. The van der Waals surface area contributed by atoms with E-state index in [2.05, 4.69) is 6.58 Å². The van der Waals surface area contributed by atoms with E-state index in [0.29, 0.717) is 0 Å². The van der Waals surface area contributed by atoms with Gasteiger partial charge in [-0.05, 0) is 5.76 Å². The van der Waals surface area contributed by atoms with E-state index in [1.54, 1.807) is 0 Å². The molecule has 0 saturated carbocycles. The molecule has 0 amide bonds. The fraction of sp³-hybridized carbons (Fsp3) is 0. The summed E-state index contributed by atoms with van der Waals surface area (Å²) >= 11 is 0. The van der Waals surface area contributed by atoms with Crippen LogP contribution in [0.4, 0.5) is 0 Å². The number of rotatable bonds is 0. The summed E-state index contributed by atoms with van der Waals surface area (Å²) in [7, 11) is 0. The molecule has 0 N–H and O–H groups in total. The Morgan fingerprint density at radius 2 is 2.00 bits per heavy atom. The second-order valence-corrected chi connectivity index (χ2v) is 0.535. The summed E-state index contributed by atoms with van der Waals surface area (Å²) in [5.74, 6) is -0.690. The Hall–Kier alpha value is 0.0300. The van der Waals surface area contributed by atoms with Crippen LogP contribution in [0.5, 0.6) is 0 Å². The Morgan fingerprint density at radius 3 is 2.00 bits per heavy atom. The van der Waals surface area contributed by atoms with Crippen molar-refractivity contribution in [1.82, 2.24) is 0 Å². The number of nitrogens with zero attached hydrogens (tertiary/aromatic N) is 1. The van der Waals surface area contributed by atoms with E-state index in [-0.39, 0.29) is 29.6 Å². The van der Waals surface area contributed by atoms with Gasteiger partial charge in [-0.25, -0.2) is 0 Å². The van der Waals surface area contributed by atoms with E-state index in [4.69, 9.17) is 5.26 Å². The second kappa shape index (κ2) is 5.03. The number of allylic oxidation sites excluding steroid dienone is 1. The van der Waals surface area contributed by atoms with Crippen LogP contribution < -0.4 is 34.7 Å². The van der Waals surface area contributed by atoms with Gasteiger partial charge in [-0.3, -0.25) is 0 Å². The molecule has 0 radical (unpaired) electrons. The summed E-state index contributed by atoms with van der Waals surface area (Å²) in [5, 5.41) is 16.8. The van der Waals surface area contributed by atoms with E-state index in [1.165, 1.54) is 6.07 Å². The zero-order chi connectivity index (χ0) is 4.28. The molecule has 0 aliphatic carbocycles. The predicted octanol–water partition coefficient (Wildman–Crippen LogP) is -3.61. The van der Waals surface area contributed by atoms with Crippen molar-refractivity contribution < 1.29 is 34.7 Å². The molecular weight excluding hydrogens is 89.0 g/mol. The number of nitriles is 1. The van der Waals surface area contributed by atoms with Crippen LogP contribution in [0.1, 0.15) is 0 Å². The Labute approximate surface area is 58.4 Å². The molecule has 0 heterocycles. The minimum absolute atomic E-state index is 0. The van der Waals surface area contributed by atoms with Gasteiger partial charge in [-0.1, -0.05) is 6.58 Å². The maximum absolute atomic E-state index is 9.34. The number of hydrogen-bond acceptors (Lipinski definition) is 2. The fourth-order valence-electron chi connectivity index (χ4n) is 0. The molecule has 0 fully saturated rings. The molecule has 0 aromatic carbocycles. The predicted molar refractivity (Wildman–Crippen MR) is 14.8 cm³/mol. The summed E-state index contributed by atoms with van der Waals surface area (Å²) in [6, 6.07) is 1.28. The molecular formula is C3H2NNaO. The van der Waals surface area contributed by atoms with Gasteiger partial charge in [0.05, 0.1) is 6.07 Å². The molecule has 0 unspecified atom stereocenters. The summed E-state index contributed by atoms with van der Waals surface area (Å²) in [4.78, 5) is 0. The Balaban J connectivity index is 0. The SMILES string of the molecule is C=C([O-])C#N.[Na+]. The maximum atomic E-state index is 9.34. The quantitative estimate of drug-likeness (QED) is 0.175. The molecule has 0 atom stereocenters. The van der Waals surface area contributed by atoms with Crippen molar-refractivity contribution in [2.75, 3.05) is 0 Å². The minimum Gasteiger partial charge on any atom is -0.865 e. The molecule has 0 aromatic rings. The Bertz CT molecular complexity index is 83.3. The first-order valence-corrected chi connectivity index (χ1v) is 1.03. The van der Waals surface area contributed by atoms with Crippen LogP contribution in [0.3, 0.4) is 0 Å². The van der Waals surface area contributed by atoms with Crippen molar-refractivity contribution in [3.8, 4) is 6.07 Å². The third-order valence-corrected chi connectivity index (χ3v) is 0.125. The Kier molecular flexibility index (Phi) is 7.88. The van der Waals surface area contributed by atoms with Crippen molar-refractivity contribution in [1.29, 1.82) is 5.26 Å². The molecule has 2 nitrogen and oxygen atoms in total. The zero-order valence-corrected chi connectivity index (χ0v) is 5.56. The molecule has 0 aliphatic rings. The van der Waals surface area contributed by atoms with Gasteiger partial charge in [0.25, 0.3) is 0 Å². The van der Waals surface area contributed by atoms with Crippen LogP contribution in [0, 0.1) is 11.3 Å². The van der Waals surface area contributed by atoms with E-state index >= 15 is 0 Å². The van der Waals surface area contributed by atoms with Crippen molar-refractivity contribution in [2.45, 2.75) is 0 Å². The van der Waals surface area contributed by atoms with Gasteiger partial charge in [0, 0.05) is 0 Å². The van der Waals surface area contributed by atoms with Gasteiger partial charge in [-0.15, -0.1) is 0 Å². The molecule has 0 aliphatic heterocycles. The maximum Gasteiger partial charge on any atom is 1.00 e. The Morgan fingerprint density at radius 1 is 1.83 bits per heavy atom. The topological polar surface area (TPSA) is 46.8 Å². The van der Waals surface area contributed by atoms with Crippen molar-refractivity contribution in [2.24, 2.45) is 0 Å². The van der Waals surface area contributed by atoms with Crippen LogP contribution in [-0.2, 0) is 0 Å². The first kappa shape index (κ1) is 9.39. The van der Waals surface area contributed by atoms with Gasteiger partial charge < -0.3 is 5.11 Å². The van der Waals surface area contributed by atoms with Gasteiger partial charge in [-0.2, -0.15) is 5.26 Å². The number of hydrogen-bond donors (Lipinski definition) is 0. The van der Waals surface area contributed by atoms with Crippen LogP contribution in [-0.4, -0.2) is 0 Å². The van der Waals surface area contributed by atoms with E-state index in [9.17, 15) is 5.11 Å². The average Bonchev–Trinajstić information content (AvgIpc) is 1.38. The molecule has 0 spiro atoms. The molecule has 3 heteroatoms. The van der Waals surface area contributed by atoms with Gasteiger partial charge in [0.15, 0.2) is 0 Å². The van der Waals surface area contributed by atoms with Gasteiger partial charge in [0.2, 0.25) is 0 Å². The van der Waals surface area contributed by atoms with Gasteiger partial charge >= 0.3 is 29.6 Å². The monoisotopic (exact) mass is 91.0 g/mol. The molecule has 26 valence electrons. The summed E-state index contributed by atoms with van der Waals surface area (Å²) in [5.41, 5.74) is 0. The van der Waals surface area contributed by atoms with Crippen molar-refractivity contribution in [3.63, 3.8) is 0 Å². The van der Waals surface area contributed by atoms with Crippen LogP contribution in [0.25, 0.3) is 0 Å². The molecule has 0 saturated heterocycles. The van der Waals surface area contributed by atoms with Crippen molar-refractivity contribution >= 4 is 0 Å². The van der Waals surface area contributed by atoms with Gasteiger partial charge in [0.1, 0.15) is 0 Å². The first-order chi connectivity index (χ1) is 2.27. The minimum atomic E-state index is -0.690. The molecule has 0 bridgehead atoms. The van der Waals surface area contributed by atoms with Crippen LogP contribution >= 0.6 is 0 Å². The fourth-order valence-corrected chi connectivity index (χ4v) is 0. The van der Waals surface area contributed by atoms with E-state index in [0.717, 1.165) is 0 Å². The average molecular weight is 91.0 g/mol. The molecule has 0 aromatic heterocycles. The van der Waals surface area contributed by atoms with Crippen LogP contribution in [0.2, 0.25) is 0 Å². The third kappa shape index (κ3) is 8.98. The first-order valence-electron chi connectivity index (χ1n) is 1.03. The molecule has 6 heavy (non-hydrogen) atoms. The molecule has 0 rings (SSSR count). The summed E-state index contributed by atoms with van der Waals surface area (Å²) in [6.07, 6.45) is 0. The van der Waals surface area contributed by atoms with Crippen molar-refractivity contribution in [3.05, 3.63) is 12.3 Å². The summed E-state index contributed by atoms with van der Waals surface area (Å²) in [6.45, 7) is 2.76. The largest absolute Gasteiger partial charge is 1.00 e. The van der Waals surface area contributed by atoms with E-state index in [1.807, 2.05) is 0 Å². The van der Waals surface area contributed by atoms with E-state index < -0.39 is 5.76 Å². The second-order valence-electron chi connectivity index (χ2n) is 0.535. The normalized spacial score (nSPS) is 4.50. The third-order valence-electron chi connectivity index (χ3n) is 0.125. The van der Waals surface area contributed by atoms with Crippen LogP contribution in [0.15, 0.2) is 12.3 Å². The standard InChI is InChI=1S/C3H3NO.Na/c1-3(5)2-4;/h5H,1H2;/q;+1/p-1.